The molecule has 1 unspecified atom stereocenters. The monoisotopic (exact) mass is 207 g/mol. The lowest BCUT2D eigenvalue weighted by atomic mass is 10.1. The molecule has 5 heteroatoms. The van der Waals surface area contributed by atoms with Crippen LogP contribution >= 0.6 is 0 Å². The van der Waals surface area contributed by atoms with Crippen LogP contribution < -0.4 is 0 Å². The zero-order valence-corrected chi connectivity index (χ0v) is 7.97. The molecule has 2 aromatic rings. The predicted octanol–water partition coefficient (Wildman–Crippen LogP) is 1.72. The number of phenolic OH excluding ortho intramolecular Hbond substituents is 1. The number of carboxylic acid groups (broad SMARTS) is 1. The van der Waals surface area contributed by atoms with Gasteiger partial charge in [0.25, 0.3) is 0 Å². The minimum atomic E-state index is -0.989. The van der Waals surface area contributed by atoms with Crippen LogP contribution in [0.2, 0.25) is 0 Å². The standard InChI is InChI=1S/C10H9NO4/c1-5(10(13)14)9-6-3-2-4-7(12)8(6)11-15-9/h2-5,12H,1H3,(H,13,14). The van der Waals surface area contributed by atoms with Gasteiger partial charge in [0.15, 0.2) is 11.3 Å². The second kappa shape index (κ2) is 3.27. The van der Waals surface area contributed by atoms with Gasteiger partial charge < -0.3 is 14.7 Å². The SMILES string of the molecule is CC(C(=O)O)c1onc2c(O)cccc12. The summed E-state index contributed by atoms with van der Waals surface area (Å²) in [5.74, 6) is -1.53. The molecule has 0 spiro atoms. The lowest BCUT2D eigenvalue weighted by Crippen LogP contribution is -2.06. The lowest BCUT2D eigenvalue weighted by Gasteiger charge is -2.00. The highest BCUT2D eigenvalue weighted by atomic mass is 16.5. The number of rotatable bonds is 2. The predicted molar refractivity (Wildman–Crippen MR) is 51.7 cm³/mol. The summed E-state index contributed by atoms with van der Waals surface area (Å²) in [6.45, 7) is 1.51. The molecule has 0 saturated carbocycles. The highest BCUT2D eigenvalue weighted by Crippen LogP contribution is 2.30. The zero-order valence-electron chi connectivity index (χ0n) is 7.97. The first kappa shape index (κ1) is 9.51. The lowest BCUT2D eigenvalue weighted by molar-refractivity contribution is -0.138. The van der Waals surface area contributed by atoms with Gasteiger partial charge in [-0.05, 0) is 19.1 Å². The Hall–Kier alpha value is -2.04. The highest BCUT2D eigenvalue weighted by Gasteiger charge is 2.22. The largest absolute Gasteiger partial charge is 0.506 e. The third-order valence-electron chi connectivity index (χ3n) is 2.28. The van der Waals surface area contributed by atoms with E-state index >= 15 is 0 Å². The van der Waals surface area contributed by atoms with E-state index in [2.05, 4.69) is 5.16 Å². The van der Waals surface area contributed by atoms with E-state index in [4.69, 9.17) is 9.63 Å². The number of phenols is 1. The van der Waals surface area contributed by atoms with Gasteiger partial charge in [-0.3, -0.25) is 4.79 Å². The Kier molecular flexibility index (Phi) is 2.07. The molecule has 0 aliphatic rings. The molecule has 1 aromatic heterocycles. The van der Waals surface area contributed by atoms with Crippen molar-refractivity contribution < 1.29 is 19.5 Å². The maximum Gasteiger partial charge on any atom is 0.314 e. The van der Waals surface area contributed by atoms with Crippen LogP contribution in [-0.4, -0.2) is 21.3 Å². The normalized spacial score (nSPS) is 12.9. The number of aromatic nitrogens is 1. The third-order valence-corrected chi connectivity index (χ3v) is 2.28. The van der Waals surface area contributed by atoms with Crippen LogP contribution in [0.15, 0.2) is 22.7 Å². The summed E-state index contributed by atoms with van der Waals surface area (Å²) in [6.07, 6.45) is 0. The van der Waals surface area contributed by atoms with Crippen LogP contribution in [0, 0.1) is 0 Å². The van der Waals surface area contributed by atoms with Crippen LogP contribution in [0.25, 0.3) is 10.9 Å². The van der Waals surface area contributed by atoms with Crippen molar-refractivity contribution in [3.05, 3.63) is 24.0 Å². The Balaban J connectivity index is 2.64. The Morgan fingerprint density at radius 3 is 2.93 bits per heavy atom. The third kappa shape index (κ3) is 1.41. The number of carboxylic acids is 1. The van der Waals surface area contributed by atoms with E-state index in [0.717, 1.165) is 0 Å². The van der Waals surface area contributed by atoms with Gasteiger partial charge in [-0.1, -0.05) is 11.2 Å². The van der Waals surface area contributed by atoms with E-state index in [-0.39, 0.29) is 11.5 Å². The van der Waals surface area contributed by atoms with E-state index in [1.54, 1.807) is 12.1 Å². The molecule has 0 bridgehead atoms. The molecule has 1 aromatic carbocycles. The van der Waals surface area contributed by atoms with Crippen molar-refractivity contribution in [1.29, 1.82) is 0 Å². The minimum Gasteiger partial charge on any atom is -0.506 e. The zero-order chi connectivity index (χ0) is 11.0. The maximum absolute atomic E-state index is 10.8. The molecular formula is C10H9NO4. The smallest absolute Gasteiger partial charge is 0.314 e. The van der Waals surface area contributed by atoms with Crippen molar-refractivity contribution in [2.24, 2.45) is 0 Å². The second-order valence-electron chi connectivity index (χ2n) is 3.28. The molecule has 1 heterocycles. The van der Waals surface area contributed by atoms with Gasteiger partial charge >= 0.3 is 5.97 Å². The fraction of sp³-hybridized carbons (Fsp3) is 0.200. The number of hydrogen-bond donors (Lipinski definition) is 2. The van der Waals surface area contributed by atoms with Crippen molar-refractivity contribution in [3.63, 3.8) is 0 Å². The average molecular weight is 207 g/mol. The molecular weight excluding hydrogens is 198 g/mol. The number of benzene rings is 1. The van der Waals surface area contributed by atoms with Crippen molar-refractivity contribution in [3.8, 4) is 5.75 Å². The first-order chi connectivity index (χ1) is 7.11. The van der Waals surface area contributed by atoms with Crippen LogP contribution in [0.4, 0.5) is 0 Å². The number of carbonyl (C=O) groups is 1. The average Bonchev–Trinajstić information content (AvgIpc) is 2.61. The molecule has 78 valence electrons. The molecule has 0 aliphatic carbocycles. The van der Waals surface area contributed by atoms with Gasteiger partial charge in [-0.25, -0.2) is 0 Å². The van der Waals surface area contributed by atoms with Gasteiger partial charge in [-0.15, -0.1) is 0 Å². The van der Waals surface area contributed by atoms with Gasteiger partial charge in [0.1, 0.15) is 11.7 Å². The number of hydrogen-bond acceptors (Lipinski definition) is 4. The van der Waals surface area contributed by atoms with Gasteiger partial charge in [0.2, 0.25) is 0 Å². The molecule has 0 fully saturated rings. The Morgan fingerprint density at radius 1 is 1.53 bits per heavy atom. The van der Waals surface area contributed by atoms with Crippen molar-refractivity contribution >= 4 is 16.9 Å². The number of aliphatic carboxylic acids is 1. The summed E-state index contributed by atoms with van der Waals surface area (Å²) >= 11 is 0. The topological polar surface area (TPSA) is 83.6 Å². The van der Waals surface area contributed by atoms with Gasteiger partial charge in [-0.2, -0.15) is 0 Å². The minimum absolute atomic E-state index is 0.0138. The molecule has 15 heavy (non-hydrogen) atoms. The molecule has 1 atom stereocenters. The number of nitrogens with zero attached hydrogens (tertiary/aromatic N) is 1. The Morgan fingerprint density at radius 2 is 2.27 bits per heavy atom. The van der Waals surface area contributed by atoms with E-state index < -0.39 is 11.9 Å². The molecule has 0 amide bonds. The van der Waals surface area contributed by atoms with E-state index in [1.165, 1.54) is 13.0 Å². The summed E-state index contributed by atoms with van der Waals surface area (Å²) in [4.78, 5) is 10.8. The molecule has 0 radical (unpaired) electrons. The summed E-state index contributed by atoms with van der Waals surface area (Å²) in [7, 11) is 0. The van der Waals surface area contributed by atoms with Gasteiger partial charge in [0.05, 0.1) is 0 Å². The van der Waals surface area contributed by atoms with E-state index in [9.17, 15) is 9.90 Å². The van der Waals surface area contributed by atoms with E-state index in [1.807, 2.05) is 0 Å². The molecule has 2 N–H and O–H groups in total. The molecule has 0 aliphatic heterocycles. The molecule has 2 rings (SSSR count). The van der Waals surface area contributed by atoms with Crippen LogP contribution in [0.3, 0.4) is 0 Å². The van der Waals surface area contributed by atoms with Crippen molar-refractivity contribution in [1.82, 2.24) is 5.16 Å². The van der Waals surface area contributed by atoms with Gasteiger partial charge in [0, 0.05) is 5.39 Å². The van der Waals surface area contributed by atoms with Crippen molar-refractivity contribution in [2.45, 2.75) is 12.8 Å². The first-order valence-electron chi connectivity index (χ1n) is 4.41. The van der Waals surface area contributed by atoms with Crippen LogP contribution in [0.5, 0.6) is 5.75 Å². The summed E-state index contributed by atoms with van der Waals surface area (Å²) < 4.78 is 4.93. The quantitative estimate of drug-likeness (QED) is 0.783. The number of aromatic hydroxyl groups is 1. The Labute approximate surface area is 84.9 Å². The number of fused-ring (bicyclic) bond motifs is 1. The summed E-state index contributed by atoms with van der Waals surface area (Å²) in [5, 5.41) is 22.4. The Bertz CT molecular complexity index is 517. The van der Waals surface area contributed by atoms with Crippen LogP contribution in [0.1, 0.15) is 18.6 Å². The fourth-order valence-electron chi connectivity index (χ4n) is 1.39. The van der Waals surface area contributed by atoms with E-state index in [0.29, 0.717) is 10.9 Å². The molecule has 5 nitrogen and oxygen atoms in total. The fourth-order valence-corrected chi connectivity index (χ4v) is 1.39. The first-order valence-corrected chi connectivity index (χ1v) is 4.41. The summed E-state index contributed by atoms with van der Waals surface area (Å²) in [6, 6.07) is 4.76. The maximum atomic E-state index is 10.8. The van der Waals surface area contributed by atoms with Crippen molar-refractivity contribution in [2.75, 3.05) is 0 Å². The molecule has 0 saturated heterocycles. The highest BCUT2D eigenvalue weighted by molar-refractivity contribution is 5.89. The second-order valence-corrected chi connectivity index (χ2v) is 3.28. The van der Waals surface area contributed by atoms with Crippen LogP contribution in [-0.2, 0) is 4.79 Å². The summed E-state index contributed by atoms with van der Waals surface area (Å²) in [5.41, 5.74) is 0.292.